The lowest BCUT2D eigenvalue weighted by Crippen LogP contribution is -2.27. The molecule has 1 N–H and O–H groups in total. The first kappa shape index (κ1) is 17.6. The van der Waals surface area contributed by atoms with Crippen molar-refractivity contribution in [1.82, 2.24) is 14.5 Å². The zero-order valence-corrected chi connectivity index (χ0v) is 15.0. The van der Waals surface area contributed by atoms with Crippen molar-refractivity contribution in [2.75, 3.05) is 13.7 Å². The fourth-order valence-corrected chi connectivity index (χ4v) is 3.96. The molecule has 0 amide bonds. The zero-order valence-electron chi connectivity index (χ0n) is 13.3. The van der Waals surface area contributed by atoms with E-state index in [1.807, 2.05) is 23.6 Å². The third-order valence-electron chi connectivity index (χ3n) is 3.48. The Morgan fingerprint density at radius 1 is 1.32 bits per heavy atom. The van der Waals surface area contributed by atoms with Gasteiger partial charge in [0.15, 0.2) is 11.6 Å². The molecule has 0 aliphatic rings. The van der Waals surface area contributed by atoms with Crippen LogP contribution in [-0.4, -0.2) is 31.9 Å². The van der Waals surface area contributed by atoms with Gasteiger partial charge in [-0.25, -0.2) is 17.5 Å². The lowest BCUT2D eigenvalue weighted by molar-refractivity contribution is 0.385. The Morgan fingerprint density at radius 3 is 2.84 bits per heavy atom. The Balaban J connectivity index is 1.62. The molecule has 0 unspecified atom stereocenters. The minimum atomic E-state index is -3.80. The molecule has 0 saturated heterocycles. The number of ether oxygens (including phenoxy) is 1. The largest absolute Gasteiger partial charge is 0.494 e. The molecule has 1 aromatic carbocycles. The molecule has 0 fully saturated rings. The van der Waals surface area contributed by atoms with Gasteiger partial charge in [0.2, 0.25) is 10.0 Å². The topological polar surface area (TPSA) is 73.2 Å². The molecule has 3 aromatic rings. The molecule has 0 aliphatic heterocycles. The lowest BCUT2D eigenvalue weighted by atomic mass is 10.3. The van der Waals surface area contributed by atoms with Crippen LogP contribution in [0.15, 0.2) is 52.9 Å². The summed E-state index contributed by atoms with van der Waals surface area (Å²) in [5.41, 5.74) is 0.843. The van der Waals surface area contributed by atoms with Gasteiger partial charge < -0.3 is 4.74 Å². The molecule has 0 spiro atoms. The molecule has 2 heterocycles. The minimum Gasteiger partial charge on any atom is -0.494 e. The van der Waals surface area contributed by atoms with E-state index in [1.54, 1.807) is 22.2 Å². The molecule has 0 radical (unpaired) electrons. The first-order chi connectivity index (χ1) is 12.0. The predicted molar refractivity (Wildman–Crippen MR) is 93.7 cm³/mol. The fraction of sp³-hybridized carbons (Fsp3) is 0.188. The molecule has 0 saturated carbocycles. The summed E-state index contributed by atoms with van der Waals surface area (Å²) < 4.78 is 47.0. The molecule has 2 aromatic heterocycles. The van der Waals surface area contributed by atoms with Crippen LogP contribution < -0.4 is 9.46 Å². The molecule has 3 rings (SSSR count). The van der Waals surface area contributed by atoms with Gasteiger partial charge in [-0.15, -0.1) is 11.3 Å². The third-order valence-corrected chi connectivity index (χ3v) is 5.83. The average molecular weight is 381 g/mol. The van der Waals surface area contributed by atoms with Crippen LogP contribution in [0.3, 0.4) is 0 Å². The van der Waals surface area contributed by atoms with Gasteiger partial charge in [0.05, 0.1) is 23.4 Å². The van der Waals surface area contributed by atoms with Crippen molar-refractivity contribution in [2.24, 2.45) is 0 Å². The van der Waals surface area contributed by atoms with Gasteiger partial charge in [-0.3, -0.25) is 4.68 Å². The Kier molecular flexibility index (Phi) is 5.16. The second-order valence-electron chi connectivity index (χ2n) is 5.14. The van der Waals surface area contributed by atoms with Crippen LogP contribution in [0.1, 0.15) is 0 Å². The van der Waals surface area contributed by atoms with Crippen LogP contribution in [0.25, 0.3) is 10.6 Å². The highest BCUT2D eigenvalue weighted by Crippen LogP contribution is 2.22. The standard InChI is InChI=1S/C16H16FN3O3S2/c1-23-15-5-4-12(11-13(15)17)25(21,22)18-7-9-20-8-6-14(19-20)16-3-2-10-24-16/h2-6,8,10-11,18H,7,9H2,1H3. The summed E-state index contributed by atoms with van der Waals surface area (Å²) in [7, 11) is -2.48. The number of nitrogens with one attached hydrogen (secondary N) is 1. The maximum absolute atomic E-state index is 13.7. The van der Waals surface area contributed by atoms with E-state index in [2.05, 4.69) is 9.82 Å². The molecule has 0 atom stereocenters. The van der Waals surface area contributed by atoms with Gasteiger partial charge in [-0.2, -0.15) is 5.10 Å². The normalized spacial score (nSPS) is 11.6. The SMILES string of the molecule is COc1ccc(S(=O)(=O)NCCn2ccc(-c3cccs3)n2)cc1F. The summed E-state index contributed by atoms with van der Waals surface area (Å²) in [5.74, 6) is -0.727. The summed E-state index contributed by atoms with van der Waals surface area (Å²) >= 11 is 1.59. The van der Waals surface area contributed by atoms with Crippen LogP contribution in [0.2, 0.25) is 0 Å². The molecular formula is C16H16FN3O3S2. The van der Waals surface area contributed by atoms with E-state index < -0.39 is 15.8 Å². The third kappa shape index (κ3) is 4.06. The maximum Gasteiger partial charge on any atom is 0.240 e. The Hall–Kier alpha value is -2.23. The molecule has 6 nitrogen and oxygen atoms in total. The summed E-state index contributed by atoms with van der Waals surface area (Å²) in [6.07, 6.45) is 1.79. The summed E-state index contributed by atoms with van der Waals surface area (Å²) in [4.78, 5) is 0.901. The fourth-order valence-electron chi connectivity index (χ4n) is 2.23. The number of hydrogen-bond acceptors (Lipinski definition) is 5. The van der Waals surface area contributed by atoms with Crippen molar-refractivity contribution < 1.29 is 17.5 Å². The van der Waals surface area contributed by atoms with Gasteiger partial charge >= 0.3 is 0 Å². The van der Waals surface area contributed by atoms with Crippen molar-refractivity contribution >= 4 is 21.4 Å². The highest BCUT2D eigenvalue weighted by Gasteiger charge is 2.16. The Bertz CT molecular complexity index is 953. The van der Waals surface area contributed by atoms with E-state index in [1.165, 1.54) is 19.2 Å². The monoisotopic (exact) mass is 381 g/mol. The Labute approximate surface area is 148 Å². The number of halogens is 1. The predicted octanol–water partition coefficient (Wildman–Crippen LogP) is 2.74. The van der Waals surface area contributed by atoms with Gasteiger partial charge in [0.25, 0.3) is 0 Å². The van der Waals surface area contributed by atoms with Crippen molar-refractivity contribution in [3.63, 3.8) is 0 Å². The molecular weight excluding hydrogens is 365 g/mol. The highest BCUT2D eigenvalue weighted by atomic mass is 32.2. The number of rotatable bonds is 7. The zero-order chi connectivity index (χ0) is 17.9. The van der Waals surface area contributed by atoms with Crippen LogP contribution in [0, 0.1) is 5.82 Å². The second kappa shape index (κ2) is 7.34. The highest BCUT2D eigenvalue weighted by molar-refractivity contribution is 7.89. The van der Waals surface area contributed by atoms with E-state index in [-0.39, 0.29) is 17.2 Å². The van der Waals surface area contributed by atoms with Crippen LogP contribution in [0.5, 0.6) is 5.75 Å². The summed E-state index contributed by atoms with van der Waals surface area (Å²) in [5, 5.41) is 6.37. The number of benzene rings is 1. The van der Waals surface area contributed by atoms with Gasteiger partial charge in [-0.1, -0.05) is 6.07 Å². The number of sulfonamides is 1. The van der Waals surface area contributed by atoms with E-state index in [0.717, 1.165) is 16.6 Å². The quantitative estimate of drug-likeness (QED) is 0.683. The second-order valence-corrected chi connectivity index (χ2v) is 7.85. The summed E-state index contributed by atoms with van der Waals surface area (Å²) in [6, 6.07) is 9.31. The van der Waals surface area contributed by atoms with E-state index >= 15 is 0 Å². The van der Waals surface area contributed by atoms with Crippen molar-refractivity contribution in [3.8, 4) is 16.3 Å². The van der Waals surface area contributed by atoms with Gasteiger partial charge in [0.1, 0.15) is 5.69 Å². The maximum atomic E-state index is 13.7. The van der Waals surface area contributed by atoms with Crippen molar-refractivity contribution in [1.29, 1.82) is 0 Å². The molecule has 0 aliphatic carbocycles. The molecule has 9 heteroatoms. The van der Waals surface area contributed by atoms with Crippen molar-refractivity contribution in [2.45, 2.75) is 11.4 Å². The first-order valence-electron chi connectivity index (χ1n) is 7.40. The lowest BCUT2D eigenvalue weighted by Gasteiger charge is -2.08. The number of methoxy groups -OCH3 is 1. The van der Waals surface area contributed by atoms with Crippen LogP contribution >= 0.6 is 11.3 Å². The van der Waals surface area contributed by atoms with Crippen LogP contribution in [-0.2, 0) is 16.6 Å². The Morgan fingerprint density at radius 2 is 2.16 bits per heavy atom. The number of aromatic nitrogens is 2. The van der Waals surface area contributed by atoms with E-state index in [0.29, 0.717) is 6.54 Å². The minimum absolute atomic E-state index is 0.00315. The van der Waals surface area contributed by atoms with Crippen molar-refractivity contribution in [3.05, 3.63) is 53.8 Å². The van der Waals surface area contributed by atoms with Gasteiger partial charge in [-0.05, 0) is 35.7 Å². The smallest absolute Gasteiger partial charge is 0.240 e. The van der Waals surface area contributed by atoms with E-state index in [4.69, 9.17) is 4.74 Å². The van der Waals surface area contributed by atoms with Crippen LogP contribution in [0.4, 0.5) is 4.39 Å². The molecule has 132 valence electrons. The number of thiophene rings is 1. The summed E-state index contributed by atoms with van der Waals surface area (Å²) in [6.45, 7) is 0.505. The number of nitrogens with zero attached hydrogens (tertiary/aromatic N) is 2. The average Bonchev–Trinajstić information content (AvgIpc) is 3.26. The van der Waals surface area contributed by atoms with E-state index in [9.17, 15) is 12.8 Å². The molecule has 0 bridgehead atoms. The molecule has 25 heavy (non-hydrogen) atoms. The van der Waals surface area contributed by atoms with Gasteiger partial charge in [0, 0.05) is 12.7 Å². The first-order valence-corrected chi connectivity index (χ1v) is 9.76. The number of hydrogen-bond donors (Lipinski definition) is 1.